The molecule has 0 bridgehead atoms. The van der Waals surface area contributed by atoms with Gasteiger partial charge in [-0.1, -0.05) is 0 Å². The second kappa shape index (κ2) is 4.53. The number of hydrogen-bond acceptors (Lipinski definition) is 4. The predicted octanol–water partition coefficient (Wildman–Crippen LogP) is 2.04. The molecule has 0 radical (unpaired) electrons. The van der Waals surface area contributed by atoms with Crippen molar-refractivity contribution >= 4 is 37.1 Å². The first kappa shape index (κ1) is 11.6. The van der Waals surface area contributed by atoms with Crippen molar-refractivity contribution in [2.24, 2.45) is 0 Å². The summed E-state index contributed by atoms with van der Waals surface area (Å²) in [5.41, 5.74) is 0. The number of halogens is 1. The zero-order valence-electron chi connectivity index (χ0n) is 8.07. The Balaban J connectivity index is 2.26. The normalized spacial score (nSPS) is 22.9. The van der Waals surface area contributed by atoms with E-state index in [1.165, 1.54) is 11.3 Å². The Bertz CT molecular complexity index is 435. The molecule has 0 amide bonds. The van der Waals surface area contributed by atoms with E-state index in [-0.39, 0.29) is 5.25 Å². The average Bonchev–Trinajstić information content (AvgIpc) is 2.67. The van der Waals surface area contributed by atoms with Crippen LogP contribution < -0.4 is 5.32 Å². The van der Waals surface area contributed by atoms with E-state index in [2.05, 4.69) is 21.2 Å². The summed E-state index contributed by atoms with van der Waals surface area (Å²) in [5, 5.41) is 2.88. The lowest BCUT2D eigenvalue weighted by Crippen LogP contribution is -2.38. The van der Waals surface area contributed by atoms with Gasteiger partial charge < -0.3 is 5.32 Å². The third kappa shape index (κ3) is 2.43. The summed E-state index contributed by atoms with van der Waals surface area (Å²) in [4.78, 5) is 0. The summed E-state index contributed by atoms with van der Waals surface area (Å²) in [6, 6.07) is 3.46. The summed E-state index contributed by atoms with van der Waals surface area (Å²) in [6.45, 7) is 1.51. The highest BCUT2D eigenvalue weighted by atomic mass is 79.9. The van der Waals surface area contributed by atoms with E-state index in [0.717, 1.165) is 23.2 Å². The van der Waals surface area contributed by atoms with Gasteiger partial charge in [0.1, 0.15) is 4.21 Å². The molecule has 1 saturated heterocycles. The molecule has 1 aromatic heterocycles. The van der Waals surface area contributed by atoms with E-state index >= 15 is 0 Å². The van der Waals surface area contributed by atoms with Crippen LogP contribution in [0.25, 0.3) is 0 Å². The Morgan fingerprint density at radius 2 is 2.27 bits per heavy atom. The molecule has 2 rings (SSSR count). The average molecular weight is 310 g/mol. The van der Waals surface area contributed by atoms with Crippen molar-refractivity contribution in [3.05, 3.63) is 15.9 Å². The minimum Gasteiger partial charge on any atom is -0.315 e. The van der Waals surface area contributed by atoms with E-state index in [1.54, 1.807) is 12.1 Å². The van der Waals surface area contributed by atoms with Crippen molar-refractivity contribution in [3.63, 3.8) is 0 Å². The molecule has 0 saturated carbocycles. The lowest BCUT2D eigenvalue weighted by Gasteiger charge is -2.21. The van der Waals surface area contributed by atoms with Gasteiger partial charge in [-0.05, 0) is 47.4 Å². The molecular formula is C9H12BrNO2S2. The van der Waals surface area contributed by atoms with Gasteiger partial charge in [0.15, 0.2) is 9.84 Å². The van der Waals surface area contributed by atoms with Gasteiger partial charge in [0.25, 0.3) is 0 Å². The van der Waals surface area contributed by atoms with Crippen molar-refractivity contribution < 1.29 is 8.42 Å². The van der Waals surface area contributed by atoms with Crippen LogP contribution in [0.1, 0.15) is 12.8 Å². The van der Waals surface area contributed by atoms with Crippen LogP contribution in [0.2, 0.25) is 0 Å². The van der Waals surface area contributed by atoms with Crippen molar-refractivity contribution in [2.75, 3.05) is 13.1 Å². The molecule has 1 fully saturated rings. The minimum absolute atomic E-state index is 0.253. The molecule has 0 spiro atoms. The molecule has 1 atom stereocenters. The Labute approximate surface area is 102 Å². The van der Waals surface area contributed by atoms with Gasteiger partial charge in [0.05, 0.1) is 9.04 Å². The largest absolute Gasteiger partial charge is 0.315 e. The number of piperidine rings is 1. The monoisotopic (exact) mass is 309 g/mol. The molecule has 6 heteroatoms. The van der Waals surface area contributed by atoms with Gasteiger partial charge in [0.2, 0.25) is 0 Å². The van der Waals surface area contributed by atoms with Gasteiger partial charge in [-0.3, -0.25) is 0 Å². The highest BCUT2D eigenvalue weighted by Gasteiger charge is 2.29. The van der Waals surface area contributed by atoms with Crippen LogP contribution in [-0.4, -0.2) is 26.8 Å². The van der Waals surface area contributed by atoms with E-state index in [0.29, 0.717) is 10.8 Å². The molecule has 1 aromatic rings. The summed E-state index contributed by atoms with van der Waals surface area (Å²) in [6.07, 6.45) is 1.71. The molecule has 2 heterocycles. The van der Waals surface area contributed by atoms with Crippen molar-refractivity contribution in [2.45, 2.75) is 22.3 Å². The molecule has 1 aliphatic heterocycles. The third-order valence-electron chi connectivity index (χ3n) is 2.52. The number of thiophene rings is 1. The molecule has 15 heavy (non-hydrogen) atoms. The van der Waals surface area contributed by atoms with Gasteiger partial charge in [-0.2, -0.15) is 0 Å². The molecular weight excluding hydrogens is 298 g/mol. The molecule has 0 aliphatic carbocycles. The molecule has 0 aromatic carbocycles. The van der Waals surface area contributed by atoms with Crippen LogP contribution in [0.15, 0.2) is 20.1 Å². The molecule has 1 aliphatic rings. The number of hydrogen-bond donors (Lipinski definition) is 1. The maximum Gasteiger partial charge on any atom is 0.191 e. The lowest BCUT2D eigenvalue weighted by atomic mass is 10.2. The fourth-order valence-electron chi connectivity index (χ4n) is 1.70. The SMILES string of the molecule is O=S(=O)(c1ccc(Br)s1)C1CCCNC1. The van der Waals surface area contributed by atoms with Crippen molar-refractivity contribution in [3.8, 4) is 0 Å². The summed E-state index contributed by atoms with van der Waals surface area (Å²) in [5.74, 6) is 0. The number of rotatable bonds is 2. The Morgan fingerprint density at radius 1 is 1.47 bits per heavy atom. The third-order valence-corrected chi connectivity index (χ3v) is 6.86. The van der Waals surface area contributed by atoms with Gasteiger partial charge in [0, 0.05) is 6.54 Å². The van der Waals surface area contributed by atoms with Gasteiger partial charge in [-0.25, -0.2) is 8.42 Å². The Morgan fingerprint density at radius 3 is 2.80 bits per heavy atom. The highest BCUT2D eigenvalue weighted by Crippen LogP contribution is 2.30. The first-order valence-electron chi connectivity index (χ1n) is 4.80. The fourth-order valence-corrected chi connectivity index (χ4v) is 5.68. The van der Waals surface area contributed by atoms with Gasteiger partial charge >= 0.3 is 0 Å². The van der Waals surface area contributed by atoms with E-state index in [4.69, 9.17) is 0 Å². The maximum atomic E-state index is 12.2. The zero-order valence-corrected chi connectivity index (χ0v) is 11.3. The van der Waals surface area contributed by atoms with E-state index < -0.39 is 9.84 Å². The first-order valence-corrected chi connectivity index (χ1v) is 7.96. The smallest absolute Gasteiger partial charge is 0.191 e. The zero-order chi connectivity index (χ0) is 10.9. The van der Waals surface area contributed by atoms with E-state index in [9.17, 15) is 8.42 Å². The summed E-state index contributed by atoms with van der Waals surface area (Å²) in [7, 11) is -3.12. The first-order chi connectivity index (χ1) is 7.10. The van der Waals surface area contributed by atoms with Crippen molar-refractivity contribution in [1.82, 2.24) is 5.32 Å². The Kier molecular flexibility index (Phi) is 3.49. The topological polar surface area (TPSA) is 46.2 Å². The predicted molar refractivity (Wildman–Crippen MR) is 65.1 cm³/mol. The van der Waals surface area contributed by atoms with Crippen LogP contribution in [0.4, 0.5) is 0 Å². The Hall–Kier alpha value is 0.0900. The molecule has 84 valence electrons. The molecule has 1 N–H and O–H groups in total. The summed E-state index contributed by atoms with van der Waals surface area (Å²) < 4.78 is 25.6. The standard InChI is InChI=1S/C9H12BrNO2S2/c10-8-3-4-9(14-8)15(12,13)7-2-1-5-11-6-7/h3-4,7,11H,1-2,5-6H2. The maximum absolute atomic E-state index is 12.2. The number of nitrogens with one attached hydrogen (secondary N) is 1. The van der Waals surface area contributed by atoms with Crippen LogP contribution in [0, 0.1) is 0 Å². The van der Waals surface area contributed by atoms with E-state index in [1.807, 2.05) is 0 Å². The second-order valence-electron chi connectivity index (χ2n) is 3.57. The molecule has 3 nitrogen and oxygen atoms in total. The summed E-state index contributed by atoms with van der Waals surface area (Å²) >= 11 is 4.58. The molecule has 1 unspecified atom stereocenters. The fraction of sp³-hybridized carbons (Fsp3) is 0.556. The lowest BCUT2D eigenvalue weighted by molar-refractivity contribution is 0.498. The van der Waals surface area contributed by atoms with Crippen LogP contribution in [0.5, 0.6) is 0 Å². The van der Waals surface area contributed by atoms with Crippen LogP contribution >= 0.6 is 27.3 Å². The minimum atomic E-state index is -3.12. The quantitative estimate of drug-likeness (QED) is 0.909. The second-order valence-corrected chi connectivity index (χ2v) is 8.49. The van der Waals surface area contributed by atoms with Crippen LogP contribution in [0.3, 0.4) is 0 Å². The number of sulfone groups is 1. The highest BCUT2D eigenvalue weighted by molar-refractivity contribution is 9.11. The van der Waals surface area contributed by atoms with Gasteiger partial charge in [-0.15, -0.1) is 11.3 Å². The van der Waals surface area contributed by atoms with Crippen molar-refractivity contribution in [1.29, 1.82) is 0 Å². The van der Waals surface area contributed by atoms with Crippen LogP contribution in [-0.2, 0) is 9.84 Å².